The summed E-state index contributed by atoms with van der Waals surface area (Å²) in [6.07, 6.45) is 4.13. The van der Waals surface area contributed by atoms with Crippen LogP contribution in [0, 0.1) is 0 Å². The first-order chi connectivity index (χ1) is 14.7. The topological polar surface area (TPSA) is 86.0 Å². The first-order valence-corrected chi connectivity index (χ1v) is 10.4. The second-order valence-corrected chi connectivity index (χ2v) is 7.63. The van der Waals surface area contributed by atoms with Crippen molar-refractivity contribution in [2.45, 2.75) is 38.3 Å². The van der Waals surface area contributed by atoms with E-state index < -0.39 is 0 Å². The number of hydrogen-bond acceptors (Lipinski definition) is 7. The molecule has 3 aromatic rings. The predicted molar refractivity (Wildman–Crippen MR) is 113 cm³/mol. The Morgan fingerprint density at radius 1 is 1.13 bits per heavy atom. The molecule has 3 heterocycles. The zero-order chi connectivity index (χ0) is 20.8. The summed E-state index contributed by atoms with van der Waals surface area (Å²) in [7, 11) is 0. The molecule has 9 heteroatoms. The molecule has 1 aromatic carbocycles. The molecule has 4 rings (SSSR count). The smallest absolute Gasteiger partial charge is 0.306 e. The Morgan fingerprint density at radius 3 is 2.67 bits per heavy atom. The maximum Gasteiger partial charge on any atom is 0.306 e. The third-order valence-corrected chi connectivity index (χ3v) is 5.22. The number of esters is 1. The lowest BCUT2D eigenvalue weighted by Crippen LogP contribution is -2.38. The Morgan fingerprint density at radius 2 is 1.93 bits per heavy atom. The summed E-state index contributed by atoms with van der Waals surface area (Å²) in [5.41, 5.74) is 0.920. The molecule has 1 fully saturated rings. The normalized spacial score (nSPS) is 14.6. The van der Waals surface area contributed by atoms with Crippen LogP contribution in [0.2, 0.25) is 5.02 Å². The molecule has 0 N–H and O–H groups in total. The largest absolute Gasteiger partial charge is 0.462 e. The van der Waals surface area contributed by atoms with Gasteiger partial charge in [-0.15, -0.1) is 10.2 Å². The average molecular weight is 427 g/mol. The molecule has 156 valence electrons. The number of hydrogen-bond donors (Lipinski definition) is 0. The first kappa shape index (κ1) is 20.3. The zero-order valence-corrected chi connectivity index (χ0v) is 17.3. The van der Waals surface area contributed by atoms with E-state index in [4.69, 9.17) is 16.3 Å². The van der Waals surface area contributed by atoms with Gasteiger partial charge in [0, 0.05) is 44.1 Å². The number of halogens is 1. The third-order valence-electron chi connectivity index (χ3n) is 5.00. The van der Waals surface area contributed by atoms with E-state index in [9.17, 15) is 4.79 Å². The van der Waals surface area contributed by atoms with Gasteiger partial charge in [-0.05, 0) is 23.8 Å². The quantitative estimate of drug-likeness (QED) is 0.535. The highest BCUT2D eigenvalue weighted by molar-refractivity contribution is 6.30. The number of ether oxygens (including phenoxy) is 1. The van der Waals surface area contributed by atoms with Gasteiger partial charge in [-0.2, -0.15) is 4.80 Å². The second kappa shape index (κ2) is 9.67. The molecule has 0 amide bonds. The minimum atomic E-state index is -0.179. The Hall–Kier alpha value is -3.00. The van der Waals surface area contributed by atoms with E-state index in [-0.39, 0.29) is 12.1 Å². The standard InChI is InChI=1S/C21H23ClN6O2/c22-17-8-9-19(23-15-17)27-13-10-18(11-14-27)30-20(29)7-4-12-28-25-21(24-26-28)16-5-2-1-3-6-16/h1-3,5-6,8-9,15,18H,4,7,10-14H2. The molecule has 0 spiro atoms. The molecular formula is C21H23ClN6O2. The summed E-state index contributed by atoms with van der Waals surface area (Å²) in [6, 6.07) is 13.4. The molecule has 1 aliphatic heterocycles. The summed E-state index contributed by atoms with van der Waals surface area (Å²) in [4.78, 5) is 20.2. The van der Waals surface area contributed by atoms with Crippen LogP contribution in [0.3, 0.4) is 0 Å². The number of benzene rings is 1. The number of tetrazole rings is 1. The van der Waals surface area contributed by atoms with Crippen LogP contribution in [0.1, 0.15) is 25.7 Å². The molecule has 30 heavy (non-hydrogen) atoms. The van der Waals surface area contributed by atoms with Gasteiger partial charge in [0.2, 0.25) is 5.82 Å². The van der Waals surface area contributed by atoms with E-state index in [0.717, 1.165) is 37.3 Å². The number of piperidine rings is 1. The average Bonchev–Trinajstić information content (AvgIpc) is 3.24. The molecule has 0 bridgehead atoms. The maximum atomic E-state index is 12.2. The number of rotatable bonds is 7. The molecule has 0 unspecified atom stereocenters. The Balaban J connectivity index is 1.17. The van der Waals surface area contributed by atoms with Crippen molar-refractivity contribution < 1.29 is 9.53 Å². The molecule has 2 aromatic heterocycles. The van der Waals surface area contributed by atoms with Gasteiger partial charge < -0.3 is 9.64 Å². The van der Waals surface area contributed by atoms with Gasteiger partial charge in [-0.1, -0.05) is 41.9 Å². The van der Waals surface area contributed by atoms with Crippen molar-refractivity contribution >= 4 is 23.4 Å². The molecule has 0 atom stereocenters. The highest BCUT2D eigenvalue weighted by atomic mass is 35.5. The number of aryl methyl sites for hydroxylation is 1. The molecule has 1 saturated heterocycles. The SMILES string of the molecule is O=C(CCCn1nnc(-c2ccccc2)n1)OC1CCN(c2ccc(Cl)cn2)CC1. The summed E-state index contributed by atoms with van der Waals surface area (Å²) in [5.74, 6) is 1.31. The molecular weight excluding hydrogens is 404 g/mol. The molecule has 1 aliphatic rings. The van der Waals surface area contributed by atoms with Gasteiger partial charge in [0.25, 0.3) is 0 Å². The van der Waals surface area contributed by atoms with E-state index in [1.54, 1.807) is 6.20 Å². The van der Waals surface area contributed by atoms with Crippen LogP contribution in [0.25, 0.3) is 11.4 Å². The Kier molecular flexibility index (Phi) is 6.53. The van der Waals surface area contributed by atoms with Crippen LogP contribution < -0.4 is 4.90 Å². The summed E-state index contributed by atoms with van der Waals surface area (Å²) in [6.45, 7) is 2.13. The van der Waals surface area contributed by atoms with Gasteiger partial charge in [-0.3, -0.25) is 4.79 Å². The van der Waals surface area contributed by atoms with Crippen molar-refractivity contribution in [2.24, 2.45) is 0 Å². The number of carbonyl (C=O) groups is 1. The number of anilines is 1. The molecule has 8 nitrogen and oxygen atoms in total. The minimum absolute atomic E-state index is 0.0461. The third kappa shape index (κ3) is 5.33. The Bertz CT molecular complexity index is 955. The number of carbonyl (C=O) groups excluding carboxylic acids is 1. The lowest BCUT2D eigenvalue weighted by atomic mass is 10.1. The van der Waals surface area contributed by atoms with Crippen molar-refractivity contribution in [3.63, 3.8) is 0 Å². The first-order valence-electron chi connectivity index (χ1n) is 10.1. The molecule has 0 saturated carbocycles. The van der Waals surface area contributed by atoms with Gasteiger partial charge >= 0.3 is 5.97 Å². The number of pyridine rings is 1. The van der Waals surface area contributed by atoms with E-state index in [1.165, 1.54) is 4.80 Å². The summed E-state index contributed by atoms with van der Waals surface area (Å²) >= 11 is 5.89. The van der Waals surface area contributed by atoms with Crippen molar-refractivity contribution in [1.82, 2.24) is 25.2 Å². The van der Waals surface area contributed by atoms with Crippen LogP contribution in [-0.2, 0) is 16.1 Å². The van der Waals surface area contributed by atoms with Gasteiger partial charge in [0.1, 0.15) is 11.9 Å². The van der Waals surface area contributed by atoms with Gasteiger partial charge in [0.05, 0.1) is 11.6 Å². The lowest BCUT2D eigenvalue weighted by molar-refractivity contribution is -0.150. The predicted octanol–water partition coefficient (Wildman–Crippen LogP) is 3.38. The van der Waals surface area contributed by atoms with Gasteiger partial charge in [0.15, 0.2) is 0 Å². The summed E-state index contributed by atoms with van der Waals surface area (Å²) < 4.78 is 5.63. The van der Waals surface area contributed by atoms with Crippen LogP contribution in [0.4, 0.5) is 5.82 Å². The minimum Gasteiger partial charge on any atom is -0.462 e. The fourth-order valence-electron chi connectivity index (χ4n) is 3.41. The van der Waals surface area contributed by atoms with E-state index in [2.05, 4.69) is 25.3 Å². The van der Waals surface area contributed by atoms with E-state index >= 15 is 0 Å². The summed E-state index contributed by atoms with van der Waals surface area (Å²) in [5, 5.41) is 13.1. The fourth-order valence-corrected chi connectivity index (χ4v) is 3.52. The van der Waals surface area contributed by atoms with Gasteiger partial charge in [-0.25, -0.2) is 4.98 Å². The monoisotopic (exact) mass is 426 g/mol. The highest BCUT2D eigenvalue weighted by Gasteiger charge is 2.23. The van der Waals surface area contributed by atoms with Crippen molar-refractivity contribution in [1.29, 1.82) is 0 Å². The fraction of sp³-hybridized carbons (Fsp3) is 0.381. The number of aromatic nitrogens is 5. The van der Waals surface area contributed by atoms with Crippen molar-refractivity contribution in [2.75, 3.05) is 18.0 Å². The maximum absolute atomic E-state index is 12.2. The Labute approximate surface area is 179 Å². The number of nitrogens with zero attached hydrogens (tertiary/aromatic N) is 6. The van der Waals surface area contributed by atoms with E-state index in [0.29, 0.717) is 30.2 Å². The van der Waals surface area contributed by atoms with Crippen LogP contribution in [-0.4, -0.2) is 50.4 Å². The highest BCUT2D eigenvalue weighted by Crippen LogP contribution is 2.21. The molecule has 0 radical (unpaired) electrons. The molecule has 0 aliphatic carbocycles. The van der Waals surface area contributed by atoms with Crippen LogP contribution in [0.15, 0.2) is 48.7 Å². The van der Waals surface area contributed by atoms with E-state index in [1.807, 2.05) is 42.5 Å². The lowest BCUT2D eigenvalue weighted by Gasteiger charge is -2.32. The van der Waals surface area contributed by atoms with Crippen LogP contribution in [0.5, 0.6) is 0 Å². The van der Waals surface area contributed by atoms with Crippen LogP contribution >= 0.6 is 11.6 Å². The van der Waals surface area contributed by atoms with Crippen molar-refractivity contribution in [3.8, 4) is 11.4 Å². The second-order valence-electron chi connectivity index (χ2n) is 7.19. The zero-order valence-electron chi connectivity index (χ0n) is 16.5. The van der Waals surface area contributed by atoms with Crippen molar-refractivity contribution in [3.05, 3.63) is 53.7 Å².